The molecule has 6 nitrogen and oxygen atoms in total. The summed E-state index contributed by atoms with van der Waals surface area (Å²) in [6.45, 7) is 0. The fourth-order valence-corrected chi connectivity index (χ4v) is 2.54. The third-order valence-corrected chi connectivity index (χ3v) is 4.00. The van der Waals surface area contributed by atoms with E-state index in [0.717, 1.165) is 16.7 Å². The quantitative estimate of drug-likeness (QED) is 0.618. The van der Waals surface area contributed by atoms with Crippen LogP contribution in [0.2, 0.25) is 0 Å². The van der Waals surface area contributed by atoms with Gasteiger partial charge in [-0.3, -0.25) is 14.4 Å². The van der Waals surface area contributed by atoms with Crippen molar-refractivity contribution in [3.05, 3.63) is 24.3 Å². The van der Waals surface area contributed by atoms with Crippen LogP contribution in [0.3, 0.4) is 0 Å². The first kappa shape index (κ1) is 16.4. The molecule has 0 fully saturated rings. The van der Waals surface area contributed by atoms with Gasteiger partial charge in [-0.25, -0.2) is 0 Å². The van der Waals surface area contributed by atoms with Crippen molar-refractivity contribution in [2.45, 2.75) is 4.90 Å². The third-order valence-electron chi connectivity index (χ3n) is 1.99. The van der Waals surface area contributed by atoms with Gasteiger partial charge in [-0.05, 0) is 12.1 Å². The molecule has 1 aromatic carbocycles. The van der Waals surface area contributed by atoms with Gasteiger partial charge in [0, 0.05) is 4.90 Å². The lowest BCUT2D eigenvalue weighted by molar-refractivity contribution is -0.133. The average Bonchev–Trinajstić information content (AvgIpc) is 2.37. The van der Waals surface area contributed by atoms with E-state index in [4.69, 9.17) is 10.8 Å². The summed E-state index contributed by atoms with van der Waals surface area (Å²) in [5, 5.41) is 11.2. The summed E-state index contributed by atoms with van der Waals surface area (Å²) in [6.07, 6.45) is 0. The minimum Gasteiger partial charge on any atom is -0.481 e. The molecule has 0 unspecified atom stereocenters. The maximum Gasteiger partial charge on any atom is 0.313 e. The smallest absolute Gasteiger partial charge is 0.313 e. The molecule has 8 heteroatoms. The monoisotopic (exact) mass is 314 g/mol. The molecule has 1 aromatic rings. The predicted octanol–water partition coefficient (Wildman–Crippen LogP) is 1.02. The first-order valence-electron chi connectivity index (χ1n) is 5.58. The highest BCUT2D eigenvalue weighted by Gasteiger charge is 2.09. The zero-order chi connectivity index (χ0) is 15.0. The van der Waals surface area contributed by atoms with Crippen LogP contribution in [0, 0.1) is 0 Å². The van der Waals surface area contributed by atoms with Crippen molar-refractivity contribution >= 4 is 47.0 Å². The number of carbonyl (C=O) groups excluding carboxylic acids is 2. The summed E-state index contributed by atoms with van der Waals surface area (Å²) in [5.41, 5.74) is 5.66. The molecule has 0 aromatic heterocycles. The number of nitrogens with two attached hydrogens (primary N) is 1. The van der Waals surface area contributed by atoms with Gasteiger partial charge in [0.05, 0.1) is 22.9 Å². The molecule has 0 aliphatic carbocycles. The van der Waals surface area contributed by atoms with Crippen molar-refractivity contribution in [2.75, 3.05) is 22.6 Å². The Bertz CT molecular complexity index is 508. The lowest BCUT2D eigenvalue weighted by Crippen LogP contribution is -2.16. The summed E-state index contributed by atoms with van der Waals surface area (Å²) in [5.74, 6) is -1.62. The Kier molecular flexibility index (Phi) is 6.96. The molecule has 0 heterocycles. The summed E-state index contributed by atoms with van der Waals surface area (Å²) >= 11 is 2.26. The normalized spacial score (nSPS) is 10.0. The van der Waals surface area contributed by atoms with Crippen LogP contribution in [0.1, 0.15) is 0 Å². The third kappa shape index (κ3) is 6.48. The number of aliphatic carboxylic acids is 1. The number of para-hydroxylation sites is 1. The second kappa shape index (κ2) is 8.49. The summed E-state index contributed by atoms with van der Waals surface area (Å²) < 4.78 is 0. The van der Waals surface area contributed by atoms with Crippen molar-refractivity contribution in [2.24, 2.45) is 5.73 Å². The first-order chi connectivity index (χ1) is 9.49. The zero-order valence-corrected chi connectivity index (χ0v) is 12.1. The highest BCUT2D eigenvalue weighted by Crippen LogP contribution is 2.26. The van der Waals surface area contributed by atoms with Crippen LogP contribution in [-0.2, 0) is 14.4 Å². The van der Waals surface area contributed by atoms with Gasteiger partial charge in [-0.2, -0.15) is 0 Å². The molecule has 108 valence electrons. The minimum atomic E-state index is -0.958. The number of carboxylic acids is 1. The molecule has 0 aliphatic rings. The fraction of sp³-hybridized carbons (Fsp3) is 0.250. The lowest BCUT2D eigenvalue weighted by atomic mass is 10.3. The van der Waals surface area contributed by atoms with Gasteiger partial charge in [-0.1, -0.05) is 12.1 Å². The molecule has 0 bridgehead atoms. The molecular formula is C12H14N2O4S2. The van der Waals surface area contributed by atoms with E-state index in [2.05, 4.69) is 5.32 Å². The van der Waals surface area contributed by atoms with E-state index in [1.807, 2.05) is 0 Å². The fourth-order valence-electron chi connectivity index (χ4n) is 1.26. The number of anilines is 1. The van der Waals surface area contributed by atoms with Crippen LogP contribution in [0.5, 0.6) is 0 Å². The van der Waals surface area contributed by atoms with Gasteiger partial charge in [0.1, 0.15) is 0 Å². The van der Waals surface area contributed by atoms with E-state index in [1.54, 1.807) is 24.3 Å². The first-order valence-corrected chi connectivity index (χ1v) is 7.72. The van der Waals surface area contributed by atoms with Crippen LogP contribution >= 0.6 is 23.5 Å². The molecule has 0 radical (unpaired) electrons. The molecule has 4 N–H and O–H groups in total. The number of primary amides is 1. The highest BCUT2D eigenvalue weighted by molar-refractivity contribution is 8.00. The Morgan fingerprint density at radius 1 is 1.15 bits per heavy atom. The van der Waals surface area contributed by atoms with Crippen molar-refractivity contribution in [1.29, 1.82) is 0 Å². The standard InChI is InChI=1S/C12H14N2O4S2/c13-10(15)5-20-9-4-2-1-3-8(9)14-11(16)6-19-7-12(17)18/h1-4H,5-7H2,(H2,13,15)(H,14,16)(H,17,18). The van der Waals surface area contributed by atoms with Gasteiger partial charge in [-0.15, -0.1) is 23.5 Å². The molecule has 0 atom stereocenters. The topological polar surface area (TPSA) is 109 Å². The molecule has 0 saturated carbocycles. The average molecular weight is 314 g/mol. The Labute approximate surface area is 124 Å². The number of thioether (sulfide) groups is 2. The molecule has 0 aliphatic heterocycles. The molecule has 0 spiro atoms. The van der Waals surface area contributed by atoms with Crippen LogP contribution in [-0.4, -0.2) is 40.1 Å². The number of hydrogen-bond donors (Lipinski definition) is 3. The van der Waals surface area contributed by atoms with Crippen molar-refractivity contribution in [1.82, 2.24) is 0 Å². The summed E-state index contributed by atoms with van der Waals surface area (Å²) in [4.78, 5) is 33.5. The van der Waals surface area contributed by atoms with Crippen molar-refractivity contribution in [3.8, 4) is 0 Å². The summed E-state index contributed by atoms with van der Waals surface area (Å²) in [6, 6.07) is 7.03. The van der Waals surface area contributed by atoms with E-state index in [0.29, 0.717) is 5.69 Å². The SMILES string of the molecule is NC(=O)CSc1ccccc1NC(=O)CSCC(=O)O. The van der Waals surface area contributed by atoms with Crippen LogP contribution in [0.4, 0.5) is 5.69 Å². The van der Waals surface area contributed by atoms with E-state index >= 15 is 0 Å². The van der Waals surface area contributed by atoms with Gasteiger partial charge in [0.15, 0.2) is 0 Å². The maximum atomic E-state index is 11.7. The van der Waals surface area contributed by atoms with E-state index < -0.39 is 11.9 Å². The Balaban J connectivity index is 2.55. The predicted molar refractivity (Wildman–Crippen MR) is 80.0 cm³/mol. The second-order valence-electron chi connectivity index (χ2n) is 3.69. The van der Waals surface area contributed by atoms with Crippen LogP contribution in [0.25, 0.3) is 0 Å². The second-order valence-corrected chi connectivity index (χ2v) is 5.69. The largest absolute Gasteiger partial charge is 0.481 e. The lowest BCUT2D eigenvalue weighted by Gasteiger charge is -2.09. The van der Waals surface area contributed by atoms with Crippen molar-refractivity contribution in [3.63, 3.8) is 0 Å². The van der Waals surface area contributed by atoms with E-state index in [9.17, 15) is 14.4 Å². The van der Waals surface area contributed by atoms with E-state index in [-0.39, 0.29) is 23.2 Å². The molecule has 1 rings (SSSR count). The molecule has 0 saturated heterocycles. The Morgan fingerprint density at radius 3 is 2.50 bits per heavy atom. The number of carboxylic acid groups (broad SMARTS) is 1. The van der Waals surface area contributed by atoms with Gasteiger partial charge in [0.2, 0.25) is 11.8 Å². The van der Waals surface area contributed by atoms with Crippen LogP contribution < -0.4 is 11.1 Å². The number of hydrogen-bond acceptors (Lipinski definition) is 5. The summed E-state index contributed by atoms with van der Waals surface area (Å²) in [7, 11) is 0. The Morgan fingerprint density at radius 2 is 1.85 bits per heavy atom. The Hall–Kier alpha value is -1.67. The van der Waals surface area contributed by atoms with Gasteiger partial charge in [0.25, 0.3) is 0 Å². The zero-order valence-electron chi connectivity index (χ0n) is 10.5. The number of rotatable bonds is 8. The van der Waals surface area contributed by atoms with Gasteiger partial charge < -0.3 is 16.2 Å². The van der Waals surface area contributed by atoms with Crippen LogP contribution in [0.15, 0.2) is 29.2 Å². The minimum absolute atomic E-state index is 0.0567. The molecule has 2 amide bonds. The van der Waals surface area contributed by atoms with Gasteiger partial charge >= 0.3 is 5.97 Å². The number of nitrogens with one attached hydrogen (secondary N) is 1. The number of benzene rings is 1. The number of amides is 2. The maximum absolute atomic E-state index is 11.7. The molecular weight excluding hydrogens is 300 g/mol. The number of carbonyl (C=O) groups is 3. The molecule has 20 heavy (non-hydrogen) atoms. The highest BCUT2D eigenvalue weighted by atomic mass is 32.2. The van der Waals surface area contributed by atoms with Crippen molar-refractivity contribution < 1.29 is 19.5 Å². The van der Waals surface area contributed by atoms with E-state index in [1.165, 1.54) is 11.8 Å².